The van der Waals surface area contributed by atoms with Gasteiger partial charge >= 0.3 is 11.9 Å². The van der Waals surface area contributed by atoms with Crippen molar-refractivity contribution in [2.45, 2.75) is 163 Å². The first-order valence-corrected chi connectivity index (χ1v) is 19.0. The Labute approximate surface area is 290 Å². The van der Waals surface area contributed by atoms with Crippen LogP contribution in [0.4, 0.5) is 0 Å². The van der Waals surface area contributed by atoms with Crippen molar-refractivity contribution in [3.05, 3.63) is 72.9 Å². The molecule has 0 atom stereocenters. The lowest BCUT2D eigenvalue weighted by molar-refractivity contribution is -0.151. The normalized spacial score (nSPS) is 12.8. The zero-order chi connectivity index (χ0) is 34.7. The van der Waals surface area contributed by atoms with Crippen molar-refractivity contribution in [2.24, 2.45) is 11.3 Å². The van der Waals surface area contributed by atoms with E-state index in [1.165, 1.54) is 25.7 Å². The van der Waals surface area contributed by atoms with E-state index in [4.69, 9.17) is 9.47 Å². The molecule has 0 saturated heterocycles. The number of hydrogen-bond acceptors (Lipinski definition) is 4. The summed E-state index contributed by atoms with van der Waals surface area (Å²) < 4.78 is 11.2. The summed E-state index contributed by atoms with van der Waals surface area (Å²) >= 11 is 0. The van der Waals surface area contributed by atoms with Crippen LogP contribution in [0, 0.1) is 11.3 Å². The summed E-state index contributed by atoms with van der Waals surface area (Å²) in [5.41, 5.74) is -0.117. The Kier molecular flexibility index (Phi) is 31.4. The van der Waals surface area contributed by atoms with Gasteiger partial charge in [0.2, 0.25) is 0 Å². The van der Waals surface area contributed by atoms with Gasteiger partial charge in [-0.25, -0.2) is 0 Å². The zero-order valence-corrected chi connectivity index (χ0v) is 31.2. The highest BCUT2D eigenvalue weighted by molar-refractivity contribution is 5.69. The molecule has 0 aromatic rings. The molecule has 0 aromatic carbocycles. The second-order valence-electron chi connectivity index (χ2n) is 13.6. The van der Waals surface area contributed by atoms with Gasteiger partial charge in [0.1, 0.15) is 0 Å². The first kappa shape index (κ1) is 44.4. The van der Waals surface area contributed by atoms with Crippen molar-refractivity contribution in [1.82, 2.24) is 0 Å². The quantitative estimate of drug-likeness (QED) is 0.0440. The third kappa shape index (κ3) is 33.1. The molecule has 0 radical (unpaired) electrons. The summed E-state index contributed by atoms with van der Waals surface area (Å²) in [4.78, 5) is 24.7. The highest BCUT2D eigenvalue weighted by Crippen LogP contribution is 2.27. The fraction of sp³-hybridized carbons (Fsp3) is 0.674. The average molecular weight is 653 g/mol. The molecule has 4 heteroatoms. The van der Waals surface area contributed by atoms with Gasteiger partial charge in [-0.05, 0) is 82.5 Å². The van der Waals surface area contributed by atoms with Gasteiger partial charge in [0.05, 0.1) is 13.2 Å². The maximum atomic E-state index is 12.4. The Bertz CT molecular complexity index is 845. The summed E-state index contributed by atoms with van der Waals surface area (Å²) in [5, 5.41) is 0. The molecule has 0 N–H and O–H groups in total. The topological polar surface area (TPSA) is 52.6 Å². The zero-order valence-electron chi connectivity index (χ0n) is 31.2. The maximum absolute atomic E-state index is 12.4. The first-order chi connectivity index (χ1) is 22.8. The van der Waals surface area contributed by atoms with Crippen LogP contribution in [0.2, 0.25) is 0 Å². The molecule has 0 bridgehead atoms. The number of carbonyl (C=O) groups is 2. The van der Waals surface area contributed by atoms with Crippen LogP contribution < -0.4 is 0 Å². The number of allylic oxidation sites excluding steroid dienone is 12. The summed E-state index contributed by atoms with van der Waals surface area (Å²) in [7, 11) is 0. The van der Waals surface area contributed by atoms with Crippen LogP contribution in [-0.4, -0.2) is 25.2 Å². The summed E-state index contributed by atoms with van der Waals surface area (Å²) in [6, 6.07) is 0. The van der Waals surface area contributed by atoms with Crippen LogP contribution in [0.5, 0.6) is 0 Å². The molecule has 0 fully saturated rings. The summed E-state index contributed by atoms with van der Waals surface area (Å²) in [6.45, 7) is 11.2. The van der Waals surface area contributed by atoms with E-state index in [9.17, 15) is 9.59 Å². The third-order valence-electron chi connectivity index (χ3n) is 8.18. The number of esters is 2. The number of carbonyl (C=O) groups excluding carboxylic acids is 2. The van der Waals surface area contributed by atoms with Crippen LogP contribution in [0.1, 0.15) is 163 Å². The lowest BCUT2D eigenvalue weighted by Crippen LogP contribution is -2.31. The number of unbranched alkanes of at least 4 members (excludes halogenated alkanes) is 10. The van der Waals surface area contributed by atoms with Crippen molar-refractivity contribution < 1.29 is 19.1 Å². The van der Waals surface area contributed by atoms with Crippen LogP contribution in [-0.2, 0) is 19.1 Å². The molecular weight excluding hydrogens is 580 g/mol. The van der Waals surface area contributed by atoms with Crippen molar-refractivity contribution in [3.8, 4) is 0 Å². The van der Waals surface area contributed by atoms with E-state index in [1.54, 1.807) is 0 Å². The Morgan fingerprint density at radius 1 is 0.468 bits per heavy atom. The number of ether oxygens (including phenoxy) is 2. The molecule has 0 rings (SSSR count). The van der Waals surface area contributed by atoms with Gasteiger partial charge in [-0.3, -0.25) is 9.59 Å². The highest BCUT2D eigenvalue weighted by atomic mass is 16.5. The van der Waals surface area contributed by atoms with Crippen molar-refractivity contribution in [1.29, 1.82) is 0 Å². The van der Waals surface area contributed by atoms with E-state index >= 15 is 0 Å². The van der Waals surface area contributed by atoms with Crippen molar-refractivity contribution >= 4 is 11.9 Å². The van der Waals surface area contributed by atoms with E-state index in [2.05, 4.69) is 108 Å². The van der Waals surface area contributed by atoms with Crippen LogP contribution >= 0.6 is 0 Å². The smallest absolute Gasteiger partial charge is 0.305 e. The predicted octanol–water partition coefficient (Wildman–Crippen LogP) is 12.9. The molecule has 0 aliphatic carbocycles. The largest absolute Gasteiger partial charge is 0.465 e. The molecule has 0 unspecified atom stereocenters. The van der Waals surface area contributed by atoms with Gasteiger partial charge in [-0.15, -0.1) is 0 Å². The van der Waals surface area contributed by atoms with Gasteiger partial charge in [-0.1, -0.05) is 146 Å². The van der Waals surface area contributed by atoms with E-state index in [0.29, 0.717) is 26.1 Å². The SMILES string of the molecule is CC/C=C\C/C=C\C/C=C\CCCCCCCC(=O)OCC(COC(=O)CCCCCCC/C=C\C/C=C\C/C=C\CC)C(C)(C)C. The monoisotopic (exact) mass is 653 g/mol. The first-order valence-electron chi connectivity index (χ1n) is 19.0. The second-order valence-corrected chi connectivity index (χ2v) is 13.6. The Morgan fingerprint density at radius 3 is 1.15 bits per heavy atom. The fourth-order valence-electron chi connectivity index (χ4n) is 4.86. The molecule has 0 spiro atoms. The summed E-state index contributed by atoms with van der Waals surface area (Å²) in [6.07, 6.45) is 47.2. The number of rotatable bonds is 30. The van der Waals surface area contributed by atoms with Gasteiger partial charge in [0, 0.05) is 18.8 Å². The van der Waals surface area contributed by atoms with E-state index in [0.717, 1.165) is 89.9 Å². The van der Waals surface area contributed by atoms with E-state index < -0.39 is 0 Å². The van der Waals surface area contributed by atoms with Crippen molar-refractivity contribution in [2.75, 3.05) is 13.2 Å². The van der Waals surface area contributed by atoms with Crippen molar-refractivity contribution in [3.63, 3.8) is 0 Å². The third-order valence-corrected chi connectivity index (χ3v) is 8.18. The van der Waals surface area contributed by atoms with Crippen LogP contribution in [0.25, 0.3) is 0 Å². The average Bonchev–Trinajstić information content (AvgIpc) is 3.04. The molecule has 47 heavy (non-hydrogen) atoms. The number of hydrogen-bond donors (Lipinski definition) is 0. The minimum absolute atomic E-state index is 0.0155. The van der Waals surface area contributed by atoms with Gasteiger partial charge < -0.3 is 9.47 Å². The highest BCUT2D eigenvalue weighted by Gasteiger charge is 2.27. The molecular formula is C43H72O4. The molecule has 0 amide bonds. The minimum Gasteiger partial charge on any atom is -0.465 e. The van der Waals surface area contributed by atoms with Gasteiger partial charge in [0.15, 0.2) is 0 Å². The lowest BCUT2D eigenvalue weighted by atomic mass is 9.82. The molecule has 268 valence electrons. The Morgan fingerprint density at radius 2 is 0.787 bits per heavy atom. The standard InChI is InChI=1S/C43H72O4/c1-6-8-10-12-14-16-18-20-22-24-26-28-30-32-34-36-41(44)46-38-40(43(3,4)5)39-47-42(45)37-35-33-31-29-27-25-23-21-19-17-15-13-11-9-7-2/h8-11,14-17,20-23,40H,6-7,12-13,18-19,24-39H2,1-5H3/b10-8-,11-9-,16-14-,17-15-,22-20-,23-21-. The molecule has 0 saturated carbocycles. The lowest BCUT2D eigenvalue weighted by Gasteiger charge is -2.29. The molecule has 0 aromatic heterocycles. The molecule has 0 aliphatic heterocycles. The second kappa shape index (κ2) is 33.3. The Hall–Kier alpha value is -2.62. The Balaban J connectivity index is 3.88. The summed E-state index contributed by atoms with van der Waals surface area (Å²) in [5.74, 6) is -0.303. The van der Waals surface area contributed by atoms with Crippen LogP contribution in [0.3, 0.4) is 0 Å². The predicted molar refractivity (Wildman–Crippen MR) is 203 cm³/mol. The van der Waals surface area contributed by atoms with E-state index in [-0.39, 0.29) is 23.3 Å². The maximum Gasteiger partial charge on any atom is 0.305 e. The fourth-order valence-corrected chi connectivity index (χ4v) is 4.86. The molecule has 0 aliphatic rings. The van der Waals surface area contributed by atoms with Gasteiger partial charge in [-0.2, -0.15) is 0 Å². The van der Waals surface area contributed by atoms with Gasteiger partial charge in [0.25, 0.3) is 0 Å². The minimum atomic E-state index is -0.144. The molecule has 0 heterocycles. The van der Waals surface area contributed by atoms with E-state index in [1.807, 2.05) is 0 Å². The molecule has 4 nitrogen and oxygen atoms in total. The van der Waals surface area contributed by atoms with Crippen LogP contribution in [0.15, 0.2) is 72.9 Å².